The van der Waals surface area contributed by atoms with Crippen LogP contribution in [0.5, 0.6) is 0 Å². The van der Waals surface area contributed by atoms with Crippen molar-refractivity contribution in [3.8, 4) is 0 Å². The van der Waals surface area contributed by atoms with Crippen LogP contribution in [0.15, 0.2) is 24.3 Å². The molecule has 1 aliphatic heterocycles. The predicted octanol–water partition coefficient (Wildman–Crippen LogP) is 2.58. The quantitative estimate of drug-likeness (QED) is 0.846. The van der Waals surface area contributed by atoms with Gasteiger partial charge in [0.1, 0.15) is 0 Å². The van der Waals surface area contributed by atoms with Gasteiger partial charge in [0, 0.05) is 30.7 Å². The summed E-state index contributed by atoms with van der Waals surface area (Å²) in [5.74, 6) is 0.211. The van der Waals surface area contributed by atoms with Crippen molar-refractivity contribution < 1.29 is 4.79 Å². The van der Waals surface area contributed by atoms with Crippen molar-refractivity contribution in [2.45, 2.75) is 32.2 Å². The van der Waals surface area contributed by atoms with Crippen molar-refractivity contribution in [1.29, 1.82) is 0 Å². The summed E-state index contributed by atoms with van der Waals surface area (Å²) in [4.78, 5) is 14.6. The number of halogens is 1. The number of amides is 1. The van der Waals surface area contributed by atoms with E-state index in [0.29, 0.717) is 19.1 Å². The first-order valence-corrected chi connectivity index (χ1v) is 8.50. The average Bonchev–Trinajstić information content (AvgIpc) is 2.55. The molecule has 4 nitrogen and oxygen atoms in total. The maximum absolute atomic E-state index is 12.2. The van der Waals surface area contributed by atoms with Gasteiger partial charge in [-0.1, -0.05) is 30.7 Å². The first-order valence-electron chi connectivity index (χ1n) is 8.13. The molecule has 3 N–H and O–H groups in total. The van der Waals surface area contributed by atoms with E-state index in [1.54, 1.807) is 0 Å². The number of nitrogens with zero attached hydrogens (tertiary/aromatic N) is 1. The molecule has 1 aliphatic rings. The monoisotopic (exact) mass is 323 g/mol. The van der Waals surface area contributed by atoms with Crippen LogP contribution in [0.25, 0.3) is 0 Å². The molecule has 1 heterocycles. The van der Waals surface area contributed by atoms with E-state index in [9.17, 15) is 4.79 Å². The van der Waals surface area contributed by atoms with Crippen LogP contribution in [-0.4, -0.2) is 37.0 Å². The highest BCUT2D eigenvalue weighted by atomic mass is 35.5. The number of nitrogens with two attached hydrogens (primary N) is 1. The van der Waals surface area contributed by atoms with Crippen molar-refractivity contribution in [3.63, 3.8) is 0 Å². The lowest BCUT2D eigenvalue weighted by Gasteiger charge is -2.37. The minimum absolute atomic E-state index is 0.0710. The SMILES string of the molecule is CCC(c1ccc(Cl)cc1)N1CCCC(C(=O)NCCN)C1. The third-order valence-electron chi connectivity index (χ3n) is 4.35. The summed E-state index contributed by atoms with van der Waals surface area (Å²) >= 11 is 5.98. The largest absolute Gasteiger partial charge is 0.355 e. The lowest BCUT2D eigenvalue weighted by molar-refractivity contribution is -0.127. The molecular weight excluding hydrogens is 298 g/mol. The van der Waals surface area contributed by atoms with Gasteiger partial charge in [-0.25, -0.2) is 0 Å². The van der Waals surface area contributed by atoms with Gasteiger partial charge in [-0.05, 0) is 43.5 Å². The van der Waals surface area contributed by atoms with Gasteiger partial charge < -0.3 is 11.1 Å². The zero-order valence-corrected chi connectivity index (χ0v) is 14.0. The average molecular weight is 324 g/mol. The maximum atomic E-state index is 12.2. The van der Waals surface area contributed by atoms with Crippen LogP contribution in [0.2, 0.25) is 5.02 Å². The summed E-state index contributed by atoms with van der Waals surface area (Å²) in [6.07, 6.45) is 3.05. The molecule has 1 amide bonds. The first-order chi connectivity index (χ1) is 10.7. The Kier molecular flexibility index (Phi) is 6.68. The normalized spacial score (nSPS) is 20.6. The van der Waals surface area contributed by atoms with Crippen LogP contribution >= 0.6 is 11.6 Å². The van der Waals surface area contributed by atoms with Crippen molar-refractivity contribution in [1.82, 2.24) is 10.2 Å². The molecular formula is C17H26ClN3O. The molecule has 22 heavy (non-hydrogen) atoms. The molecule has 1 saturated heterocycles. The second-order valence-corrected chi connectivity index (χ2v) is 6.33. The van der Waals surface area contributed by atoms with Crippen LogP contribution < -0.4 is 11.1 Å². The van der Waals surface area contributed by atoms with E-state index in [0.717, 1.165) is 37.4 Å². The number of hydrogen-bond donors (Lipinski definition) is 2. The molecule has 0 bridgehead atoms. The van der Waals surface area contributed by atoms with Gasteiger partial charge in [-0.15, -0.1) is 0 Å². The highest BCUT2D eigenvalue weighted by Crippen LogP contribution is 2.30. The Labute approximate surface area is 138 Å². The summed E-state index contributed by atoms with van der Waals surface area (Å²) < 4.78 is 0. The molecule has 0 aliphatic carbocycles. The van der Waals surface area contributed by atoms with Gasteiger partial charge >= 0.3 is 0 Å². The molecule has 2 unspecified atom stereocenters. The topological polar surface area (TPSA) is 58.4 Å². The molecule has 0 radical (unpaired) electrons. The third kappa shape index (κ3) is 4.45. The number of rotatable bonds is 6. The van der Waals surface area contributed by atoms with Gasteiger partial charge in [-0.3, -0.25) is 9.69 Å². The second-order valence-electron chi connectivity index (χ2n) is 5.89. The van der Waals surface area contributed by atoms with E-state index in [2.05, 4.69) is 29.3 Å². The van der Waals surface area contributed by atoms with Gasteiger partial charge in [-0.2, -0.15) is 0 Å². The Morgan fingerprint density at radius 1 is 1.45 bits per heavy atom. The third-order valence-corrected chi connectivity index (χ3v) is 4.60. The van der Waals surface area contributed by atoms with E-state index in [4.69, 9.17) is 17.3 Å². The number of carbonyl (C=O) groups excluding carboxylic acids is 1. The lowest BCUT2D eigenvalue weighted by Crippen LogP contribution is -2.45. The molecule has 1 fully saturated rings. The Bertz CT molecular complexity index is 477. The van der Waals surface area contributed by atoms with Crippen LogP contribution in [0.1, 0.15) is 37.8 Å². The van der Waals surface area contributed by atoms with Gasteiger partial charge in [0.05, 0.1) is 5.92 Å². The smallest absolute Gasteiger partial charge is 0.224 e. The zero-order chi connectivity index (χ0) is 15.9. The zero-order valence-electron chi connectivity index (χ0n) is 13.2. The highest BCUT2D eigenvalue weighted by molar-refractivity contribution is 6.30. The minimum Gasteiger partial charge on any atom is -0.355 e. The molecule has 2 atom stereocenters. The summed E-state index contributed by atoms with van der Waals surface area (Å²) in [6.45, 7) is 5.10. The van der Waals surface area contributed by atoms with Gasteiger partial charge in [0.2, 0.25) is 5.91 Å². The standard InChI is InChI=1S/C17H26ClN3O/c1-2-16(13-5-7-15(18)8-6-13)21-11-3-4-14(12-21)17(22)20-10-9-19/h5-8,14,16H,2-4,9-12,19H2,1H3,(H,20,22). The number of likely N-dealkylation sites (tertiary alicyclic amines) is 1. The highest BCUT2D eigenvalue weighted by Gasteiger charge is 2.29. The fourth-order valence-corrected chi connectivity index (χ4v) is 3.36. The van der Waals surface area contributed by atoms with Gasteiger partial charge in [0.25, 0.3) is 0 Å². The molecule has 1 aromatic rings. The van der Waals surface area contributed by atoms with E-state index < -0.39 is 0 Å². The van der Waals surface area contributed by atoms with Crippen molar-refractivity contribution >= 4 is 17.5 Å². The Morgan fingerprint density at radius 2 is 2.18 bits per heavy atom. The van der Waals surface area contributed by atoms with Crippen LogP contribution in [0.3, 0.4) is 0 Å². The summed E-state index contributed by atoms with van der Waals surface area (Å²) in [6, 6.07) is 8.41. The fraction of sp³-hybridized carbons (Fsp3) is 0.588. The first kappa shape index (κ1) is 17.3. The molecule has 1 aromatic carbocycles. The number of benzene rings is 1. The van der Waals surface area contributed by atoms with Crippen molar-refractivity contribution in [2.24, 2.45) is 11.7 Å². The molecule has 0 aromatic heterocycles. The van der Waals surface area contributed by atoms with E-state index in [1.165, 1.54) is 5.56 Å². The number of nitrogens with one attached hydrogen (secondary N) is 1. The molecule has 5 heteroatoms. The number of piperidine rings is 1. The van der Waals surface area contributed by atoms with Crippen molar-refractivity contribution in [3.05, 3.63) is 34.9 Å². The Hall–Kier alpha value is -1.10. The summed E-state index contributed by atoms with van der Waals surface area (Å²) in [5, 5.41) is 3.68. The second kappa shape index (κ2) is 8.51. The molecule has 0 spiro atoms. The lowest BCUT2D eigenvalue weighted by atomic mass is 9.93. The van der Waals surface area contributed by atoms with Crippen LogP contribution in [0.4, 0.5) is 0 Å². The molecule has 2 rings (SSSR count). The number of carbonyl (C=O) groups is 1. The summed E-state index contributed by atoms with van der Waals surface area (Å²) in [5.41, 5.74) is 6.73. The van der Waals surface area contributed by atoms with Crippen LogP contribution in [-0.2, 0) is 4.79 Å². The molecule has 122 valence electrons. The van der Waals surface area contributed by atoms with Crippen LogP contribution in [0, 0.1) is 5.92 Å². The van der Waals surface area contributed by atoms with E-state index in [1.807, 2.05) is 12.1 Å². The number of hydrogen-bond acceptors (Lipinski definition) is 3. The summed E-state index contributed by atoms with van der Waals surface area (Å²) in [7, 11) is 0. The Morgan fingerprint density at radius 3 is 2.82 bits per heavy atom. The maximum Gasteiger partial charge on any atom is 0.224 e. The van der Waals surface area contributed by atoms with E-state index >= 15 is 0 Å². The van der Waals surface area contributed by atoms with E-state index in [-0.39, 0.29) is 11.8 Å². The Balaban J connectivity index is 2.03. The minimum atomic E-state index is 0.0710. The van der Waals surface area contributed by atoms with Gasteiger partial charge in [0.15, 0.2) is 0 Å². The molecule has 0 saturated carbocycles. The van der Waals surface area contributed by atoms with Crippen molar-refractivity contribution in [2.75, 3.05) is 26.2 Å². The fourth-order valence-electron chi connectivity index (χ4n) is 3.23. The predicted molar refractivity (Wildman–Crippen MR) is 90.8 cm³/mol.